The Morgan fingerprint density at radius 3 is 2.48 bits per heavy atom. The lowest BCUT2D eigenvalue weighted by Crippen LogP contribution is -2.07. The first-order chi connectivity index (χ1) is 9.88. The first-order valence-electron chi connectivity index (χ1n) is 6.35. The maximum atomic E-state index is 11.0. The monoisotopic (exact) mass is 460 g/mol. The Morgan fingerprint density at radius 1 is 1.29 bits per heavy atom. The standard InChI is InChI=1S/C15H14BrIN2O2/c1-9-7-13(16)14(8-15(9)19(20)21)18-10(2)11-3-5-12(17)6-4-11/h3-8,10,18H,1-2H3. The molecule has 2 rings (SSSR count). The number of hydrogen-bond donors (Lipinski definition) is 1. The summed E-state index contributed by atoms with van der Waals surface area (Å²) in [5, 5.41) is 14.4. The lowest BCUT2D eigenvalue weighted by atomic mass is 10.1. The van der Waals surface area contributed by atoms with Gasteiger partial charge in [-0.3, -0.25) is 10.1 Å². The van der Waals surface area contributed by atoms with Gasteiger partial charge in [0, 0.05) is 25.7 Å². The maximum absolute atomic E-state index is 11.0. The van der Waals surface area contributed by atoms with E-state index in [-0.39, 0.29) is 16.7 Å². The molecular weight excluding hydrogens is 447 g/mol. The van der Waals surface area contributed by atoms with Crippen molar-refractivity contribution < 1.29 is 4.92 Å². The molecule has 0 bridgehead atoms. The second-order valence-corrected chi connectivity index (χ2v) is 6.89. The average molecular weight is 461 g/mol. The molecule has 2 aromatic rings. The highest BCUT2D eigenvalue weighted by Crippen LogP contribution is 2.33. The molecule has 110 valence electrons. The minimum Gasteiger partial charge on any atom is -0.377 e. The van der Waals surface area contributed by atoms with Crippen LogP contribution in [0.1, 0.15) is 24.1 Å². The predicted molar refractivity (Wildman–Crippen MR) is 96.7 cm³/mol. The van der Waals surface area contributed by atoms with Gasteiger partial charge in [0.05, 0.1) is 10.6 Å². The van der Waals surface area contributed by atoms with Gasteiger partial charge >= 0.3 is 0 Å². The summed E-state index contributed by atoms with van der Waals surface area (Å²) in [6, 6.07) is 11.6. The Hall–Kier alpha value is -1.15. The lowest BCUT2D eigenvalue weighted by Gasteiger charge is -2.17. The molecule has 0 aliphatic rings. The molecule has 21 heavy (non-hydrogen) atoms. The third kappa shape index (κ3) is 3.94. The van der Waals surface area contributed by atoms with Crippen LogP contribution >= 0.6 is 38.5 Å². The highest BCUT2D eigenvalue weighted by atomic mass is 127. The summed E-state index contributed by atoms with van der Waals surface area (Å²) >= 11 is 5.72. The van der Waals surface area contributed by atoms with Crippen molar-refractivity contribution in [3.05, 3.63) is 65.7 Å². The summed E-state index contributed by atoms with van der Waals surface area (Å²) in [7, 11) is 0. The van der Waals surface area contributed by atoms with Crippen LogP contribution in [0.25, 0.3) is 0 Å². The third-order valence-corrected chi connectivity index (χ3v) is 4.60. The van der Waals surface area contributed by atoms with Gasteiger partial charge in [-0.15, -0.1) is 0 Å². The molecule has 6 heteroatoms. The van der Waals surface area contributed by atoms with Crippen LogP contribution in [-0.2, 0) is 0 Å². The lowest BCUT2D eigenvalue weighted by molar-refractivity contribution is -0.385. The molecule has 0 radical (unpaired) electrons. The van der Waals surface area contributed by atoms with E-state index in [4.69, 9.17) is 0 Å². The van der Waals surface area contributed by atoms with Gasteiger partial charge < -0.3 is 5.32 Å². The molecule has 1 atom stereocenters. The number of nitrogens with zero attached hydrogens (tertiary/aromatic N) is 1. The van der Waals surface area contributed by atoms with E-state index >= 15 is 0 Å². The van der Waals surface area contributed by atoms with Crippen LogP contribution in [0.5, 0.6) is 0 Å². The first-order valence-corrected chi connectivity index (χ1v) is 8.22. The molecule has 0 saturated carbocycles. The average Bonchev–Trinajstić information content (AvgIpc) is 2.42. The van der Waals surface area contributed by atoms with E-state index < -0.39 is 0 Å². The van der Waals surface area contributed by atoms with Gasteiger partial charge in [0.15, 0.2) is 0 Å². The van der Waals surface area contributed by atoms with Crippen molar-refractivity contribution in [3.63, 3.8) is 0 Å². The van der Waals surface area contributed by atoms with E-state index in [0.29, 0.717) is 5.56 Å². The van der Waals surface area contributed by atoms with Crippen LogP contribution in [0, 0.1) is 20.6 Å². The number of hydrogen-bond acceptors (Lipinski definition) is 3. The van der Waals surface area contributed by atoms with Crippen LogP contribution in [-0.4, -0.2) is 4.92 Å². The minimum absolute atomic E-state index is 0.0561. The molecule has 1 N–H and O–H groups in total. The van der Waals surface area contributed by atoms with E-state index in [1.807, 2.05) is 19.1 Å². The van der Waals surface area contributed by atoms with Gasteiger partial charge in [-0.25, -0.2) is 0 Å². The zero-order valence-corrected chi connectivity index (χ0v) is 15.3. The van der Waals surface area contributed by atoms with Crippen LogP contribution in [0.3, 0.4) is 0 Å². The topological polar surface area (TPSA) is 55.2 Å². The maximum Gasteiger partial charge on any atom is 0.274 e. The number of halogens is 2. The smallest absolute Gasteiger partial charge is 0.274 e. The highest BCUT2D eigenvalue weighted by molar-refractivity contribution is 14.1. The van der Waals surface area contributed by atoms with Crippen molar-refractivity contribution in [1.82, 2.24) is 0 Å². The highest BCUT2D eigenvalue weighted by Gasteiger charge is 2.16. The Balaban J connectivity index is 2.28. The SMILES string of the molecule is Cc1cc(Br)c(NC(C)c2ccc(I)cc2)cc1[N+](=O)[O-]. The summed E-state index contributed by atoms with van der Waals surface area (Å²) in [5.41, 5.74) is 2.61. The molecule has 0 aromatic heterocycles. The summed E-state index contributed by atoms with van der Waals surface area (Å²) in [4.78, 5) is 10.7. The molecule has 0 amide bonds. The molecule has 0 saturated heterocycles. The van der Waals surface area contributed by atoms with Crippen LogP contribution in [0.15, 0.2) is 40.9 Å². The number of nitro groups is 1. The number of nitrogens with one attached hydrogen (secondary N) is 1. The fourth-order valence-electron chi connectivity index (χ4n) is 2.04. The predicted octanol–water partition coefficient (Wildman–Crippen LogP) is 5.44. The van der Waals surface area contributed by atoms with E-state index in [0.717, 1.165) is 15.7 Å². The van der Waals surface area contributed by atoms with Crippen molar-refractivity contribution in [2.45, 2.75) is 19.9 Å². The molecule has 1 unspecified atom stereocenters. The van der Waals surface area contributed by atoms with Gasteiger partial charge in [0.2, 0.25) is 0 Å². The molecule has 0 aliphatic heterocycles. The number of aryl methyl sites for hydroxylation is 1. The van der Waals surface area contributed by atoms with Crippen LogP contribution in [0.2, 0.25) is 0 Å². The first kappa shape index (κ1) is 16.2. The molecule has 0 spiro atoms. The number of anilines is 1. The molecule has 4 nitrogen and oxygen atoms in total. The summed E-state index contributed by atoms with van der Waals surface area (Å²) < 4.78 is 2.00. The summed E-state index contributed by atoms with van der Waals surface area (Å²) in [5.74, 6) is 0. The Kier molecular flexibility index (Phi) is 5.21. The zero-order chi connectivity index (χ0) is 15.6. The molecule has 0 heterocycles. The largest absolute Gasteiger partial charge is 0.377 e. The fraction of sp³-hybridized carbons (Fsp3) is 0.200. The molecular formula is C15H14BrIN2O2. The van der Waals surface area contributed by atoms with Crippen LogP contribution in [0.4, 0.5) is 11.4 Å². The second-order valence-electron chi connectivity index (χ2n) is 4.79. The summed E-state index contributed by atoms with van der Waals surface area (Å²) in [6.45, 7) is 3.76. The molecule has 0 aliphatic carbocycles. The van der Waals surface area contributed by atoms with Gasteiger partial charge in [-0.1, -0.05) is 12.1 Å². The second kappa shape index (κ2) is 6.74. The number of nitro benzene ring substituents is 1. The summed E-state index contributed by atoms with van der Waals surface area (Å²) in [6.07, 6.45) is 0. The number of benzene rings is 2. The Labute approximate surface area is 145 Å². The number of rotatable bonds is 4. The van der Waals surface area contributed by atoms with Gasteiger partial charge in [-0.05, 0) is 76.1 Å². The zero-order valence-electron chi connectivity index (χ0n) is 11.6. The van der Waals surface area contributed by atoms with Crippen LogP contribution < -0.4 is 5.32 Å². The third-order valence-electron chi connectivity index (χ3n) is 3.22. The normalized spacial score (nSPS) is 12.0. The Morgan fingerprint density at radius 2 is 1.90 bits per heavy atom. The Bertz CT molecular complexity index is 674. The minimum atomic E-state index is -0.359. The van der Waals surface area contributed by atoms with E-state index in [1.165, 1.54) is 3.57 Å². The fourth-order valence-corrected chi connectivity index (χ4v) is 2.97. The van der Waals surface area contributed by atoms with Crippen molar-refractivity contribution in [1.29, 1.82) is 0 Å². The van der Waals surface area contributed by atoms with E-state index in [1.54, 1.807) is 19.1 Å². The van der Waals surface area contributed by atoms with Gasteiger partial charge in [0.1, 0.15) is 0 Å². The van der Waals surface area contributed by atoms with E-state index in [9.17, 15) is 10.1 Å². The van der Waals surface area contributed by atoms with Gasteiger partial charge in [0.25, 0.3) is 5.69 Å². The van der Waals surface area contributed by atoms with Crippen molar-refractivity contribution in [2.24, 2.45) is 0 Å². The van der Waals surface area contributed by atoms with Crippen molar-refractivity contribution in [2.75, 3.05) is 5.32 Å². The van der Waals surface area contributed by atoms with Gasteiger partial charge in [-0.2, -0.15) is 0 Å². The van der Waals surface area contributed by atoms with Crippen molar-refractivity contribution >= 4 is 49.9 Å². The quantitative estimate of drug-likeness (QED) is 0.375. The van der Waals surface area contributed by atoms with E-state index in [2.05, 4.69) is 56.0 Å². The molecule has 2 aromatic carbocycles. The van der Waals surface area contributed by atoms with Crippen molar-refractivity contribution in [3.8, 4) is 0 Å². The molecule has 0 fully saturated rings.